The number of aromatic amines is 1. The van der Waals surface area contributed by atoms with Gasteiger partial charge in [0.05, 0.1) is 7.11 Å². The van der Waals surface area contributed by atoms with Gasteiger partial charge in [-0.3, -0.25) is 0 Å². The fourth-order valence-electron chi connectivity index (χ4n) is 1.48. The molecule has 1 aromatic carbocycles. The highest BCUT2D eigenvalue weighted by Gasteiger charge is 2.10. The van der Waals surface area contributed by atoms with E-state index in [4.69, 9.17) is 5.73 Å². The van der Waals surface area contributed by atoms with Crippen molar-refractivity contribution in [3.63, 3.8) is 0 Å². The van der Waals surface area contributed by atoms with Crippen LogP contribution in [-0.2, 0) is 11.3 Å². The maximum absolute atomic E-state index is 11.2. The second-order valence-corrected chi connectivity index (χ2v) is 3.53. The van der Waals surface area contributed by atoms with E-state index in [1.54, 1.807) is 0 Å². The largest absolute Gasteiger partial charge is 0.464 e. The number of rotatable bonds is 3. The normalized spacial score (nSPS) is 10.2. The van der Waals surface area contributed by atoms with E-state index in [0.29, 0.717) is 12.4 Å². The second kappa shape index (κ2) is 4.80. The minimum Gasteiger partial charge on any atom is -0.464 e. The lowest BCUT2D eigenvalue weighted by Gasteiger charge is -1.99. The first-order chi connectivity index (χ1) is 8.24. The van der Waals surface area contributed by atoms with E-state index in [9.17, 15) is 4.79 Å². The molecule has 2 aromatic rings. The molecule has 3 N–H and O–H groups in total. The second-order valence-electron chi connectivity index (χ2n) is 3.53. The maximum Gasteiger partial charge on any atom is 0.358 e. The molecule has 1 aromatic heterocycles. The number of carbonyl (C=O) groups is 1. The Morgan fingerprint density at radius 3 is 2.71 bits per heavy atom. The molecule has 0 radical (unpaired) electrons. The van der Waals surface area contributed by atoms with Crippen LogP contribution in [0, 0.1) is 0 Å². The summed E-state index contributed by atoms with van der Waals surface area (Å²) in [5.41, 5.74) is 7.73. The Bertz CT molecular complexity index is 517. The molecule has 88 valence electrons. The Kier molecular flexibility index (Phi) is 3.20. The first-order valence-electron chi connectivity index (χ1n) is 5.17. The minimum atomic E-state index is -0.453. The van der Waals surface area contributed by atoms with Crippen molar-refractivity contribution in [1.29, 1.82) is 0 Å². The predicted octanol–water partition coefficient (Wildman–Crippen LogP) is 1.32. The van der Waals surface area contributed by atoms with Gasteiger partial charge in [-0.1, -0.05) is 24.3 Å². The minimum absolute atomic E-state index is 0.269. The lowest BCUT2D eigenvalue weighted by Crippen LogP contribution is -2.01. The number of aromatic nitrogens is 2. The molecule has 0 bridgehead atoms. The van der Waals surface area contributed by atoms with Crippen molar-refractivity contribution in [2.24, 2.45) is 5.73 Å². The number of H-pyrrole nitrogens is 1. The van der Waals surface area contributed by atoms with Crippen molar-refractivity contribution in [2.75, 3.05) is 7.11 Å². The smallest absolute Gasteiger partial charge is 0.358 e. The van der Waals surface area contributed by atoms with Crippen LogP contribution in [0.1, 0.15) is 16.1 Å². The lowest BCUT2D eigenvalue weighted by atomic mass is 10.1. The third-order valence-electron chi connectivity index (χ3n) is 2.44. The Morgan fingerprint density at radius 1 is 1.41 bits per heavy atom. The summed E-state index contributed by atoms with van der Waals surface area (Å²) in [6.07, 6.45) is 1.53. The number of carbonyl (C=O) groups excluding carboxylic acids is 1. The van der Waals surface area contributed by atoms with Crippen molar-refractivity contribution >= 4 is 5.97 Å². The molecule has 0 aliphatic rings. The molecule has 0 saturated carbocycles. The number of hydrogen-bond donors (Lipinski definition) is 2. The molecule has 5 heteroatoms. The van der Waals surface area contributed by atoms with E-state index in [1.807, 2.05) is 24.3 Å². The number of nitrogens with two attached hydrogens (primary N) is 1. The predicted molar refractivity (Wildman–Crippen MR) is 63.3 cm³/mol. The number of ether oxygens (including phenoxy) is 1. The molecule has 0 aliphatic heterocycles. The highest BCUT2D eigenvalue weighted by atomic mass is 16.5. The summed E-state index contributed by atoms with van der Waals surface area (Å²) >= 11 is 0. The van der Waals surface area contributed by atoms with Gasteiger partial charge in [0, 0.05) is 18.3 Å². The van der Waals surface area contributed by atoms with Gasteiger partial charge >= 0.3 is 5.97 Å². The Morgan fingerprint density at radius 2 is 2.12 bits per heavy atom. The van der Waals surface area contributed by atoms with Crippen LogP contribution in [0.4, 0.5) is 0 Å². The Labute approximate surface area is 98.6 Å². The van der Waals surface area contributed by atoms with E-state index in [2.05, 4.69) is 14.7 Å². The zero-order valence-electron chi connectivity index (χ0n) is 9.43. The standard InChI is InChI=1S/C12H13N3O2/c1-17-12(16)10-7-14-11(15-10)9-4-2-8(6-13)3-5-9/h2-5,7H,6,13H2,1H3,(H,14,15). The highest BCUT2D eigenvalue weighted by Crippen LogP contribution is 2.16. The van der Waals surface area contributed by atoms with Crippen molar-refractivity contribution in [1.82, 2.24) is 9.97 Å². The summed E-state index contributed by atoms with van der Waals surface area (Å²) in [5.74, 6) is 0.181. The number of hydrogen-bond acceptors (Lipinski definition) is 4. The van der Waals surface area contributed by atoms with Crippen LogP contribution in [0.2, 0.25) is 0 Å². The average Bonchev–Trinajstić information content (AvgIpc) is 2.87. The summed E-state index contributed by atoms with van der Waals surface area (Å²) in [5, 5.41) is 0. The van der Waals surface area contributed by atoms with Gasteiger partial charge in [0.25, 0.3) is 0 Å². The molecule has 1 heterocycles. The molecule has 0 atom stereocenters. The number of nitrogens with one attached hydrogen (secondary N) is 1. The average molecular weight is 231 g/mol. The number of benzene rings is 1. The quantitative estimate of drug-likeness (QED) is 0.781. The number of esters is 1. The van der Waals surface area contributed by atoms with Crippen molar-refractivity contribution < 1.29 is 9.53 Å². The van der Waals surface area contributed by atoms with Gasteiger partial charge in [0.15, 0.2) is 5.69 Å². The topological polar surface area (TPSA) is 81.0 Å². The first-order valence-corrected chi connectivity index (χ1v) is 5.17. The molecule has 0 aliphatic carbocycles. The van der Waals surface area contributed by atoms with Gasteiger partial charge in [-0.2, -0.15) is 0 Å². The van der Waals surface area contributed by atoms with Crippen LogP contribution in [-0.4, -0.2) is 23.0 Å². The molecule has 0 saturated heterocycles. The number of nitrogens with zero attached hydrogens (tertiary/aromatic N) is 1. The Hall–Kier alpha value is -2.14. The monoisotopic (exact) mass is 231 g/mol. The van der Waals surface area contributed by atoms with Gasteiger partial charge < -0.3 is 15.5 Å². The lowest BCUT2D eigenvalue weighted by molar-refractivity contribution is 0.0595. The summed E-state index contributed by atoms with van der Waals surface area (Å²) in [7, 11) is 1.33. The highest BCUT2D eigenvalue weighted by molar-refractivity contribution is 5.87. The number of methoxy groups -OCH3 is 1. The summed E-state index contributed by atoms with van der Waals surface area (Å²) in [4.78, 5) is 18.3. The van der Waals surface area contributed by atoms with E-state index < -0.39 is 5.97 Å². The van der Waals surface area contributed by atoms with Crippen LogP contribution in [0.3, 0.4) is 0 Å². The van der Waals surface area contributed by atoms with E-state index in [1.165, 1.54) is 13.3 Å². The van der Waals surface area contributed by atoms with Gasteiger partial charge in [0.2, 0.25) is 0 Å². The Balaban J connectivity index is 2.27. The summed E-state index contributed by atoms with van der Waals surface area (Å²) < 4.78 is 4.58. The third kappa shape index (κ3) is 2.34. The van der Waals surface area contributed by atoms with Crippen molar-refractivity contribution in [3.8, 4) is 11.4 Å². The van der Waals surface area contributed by atoms with Crippen LogP contribution in [0.5, 0.6) is 0 Å². The molecule has 0 fully saturated rings. The zero-order valence-corrected chi connectivity index (χ0v) is 9.43. The van der Waals surface area contributed by atoms with Crippen molar-refractivity contribution in [2.45, 2.75) is 6.54 Å². The molecule has 5 nitrogen and oxygen atoms in total. The van der Waals surface area contributed by atoms with E-state index in [0.717, 1.165) is 11.1 Å². The van der Waals surface area contributed by atoms with Crippen LogP contribution in [0.15, 0.2) is 30.5 Å². The maximum atomic E-state index is 11.2. The van der Waals surface area contributed by atoms with Gasteiger partial charge in [0.1, 0.15) is 5.82 Å². The van der Waals surface area contributed by atoms with Gasteiger partial charge in [-0.15, -0.1) is 0 Å². The van der Waals surface area contributed by atoms with Crippen LogP contribution < -0.4 is 5.73 Å². The molecular formula is C12H13N3O2. The fourth-order valence-corrected chi connectivity index (χ4v) is 1.48. The van der Waals surface area contributed by atoms with Gasteiger partial charge in [-0.25, -0.2) is 9.78 Å². The molecule has 0 spiro atoms. The summed E-state index contributed by atoms with van der Waals surface area (Å²) in [6, 6.07) is 7.66. The van der Waals surface area contributed by atoms with E-state index in [-0.39, 0.29) is 5.69 Å². The van der Waals surface area contributed by atoms with Crippen molar-refractivity contribution in [3.05, 3.63) is 41.7 Å². The molecule has 0 unspecified atom stereocenters. The van der Waals surface area contributed by atoms with Crippen LogP contribution in [0.25, 0.3) is 11.4 Å². The van der Waals surface area contributed by atoms with Gasteiger partial charge in [-0.05, 0) is 5.56 Å². The first kappa shape index (κ1) is 11.3. The summed E-state index contributed by atoms with van der Waals surface area (Å²) in [6.45, 7) is 0.506. The third-order valence-corrected chi connectivity index (χ3v) is 2.44. The van der Waals surface area contributed by atoms with Crippen LogP contribution >= 0.6 is 0 Å². The molecular weight excluding hydrogens is 218 g/mol. The molecule has 0 amide bonds. The SMILES string of the molecule is COC(=O)c1c[nH]c(-c2ccc(CN)cc2)n1. The molecule has 17 heavy (non-hydrogen) atoms. The number of imidazole rings is 1. The zero-order chi connectivity index (χ0) is 12.3. The fraction of sp³-hybridized carbons (Fsp3) is 0.167. The van der Waals surface area contributed by atoms with E-state index >= 15 is 0 Å². The molecule has 2 rings (SSSR count).